The number of ether oxygens (including phenoxy) is 1. The number of carbonyl (C=O) groups excluding carboxylic acids is 3. The average molecular weight is 404 g/mol. The molecule has 150 valence electrons. The third-order valence-electron chi connectivity index (χ3n) is 4.64. The highest BCUT2D eigenvalue weighted by atomic mass is 19.1. The summed E-state index contributed by atoms with van der Waals surface area (Å²) in [7, 11) is 0. The number of hydrogen-bond acceptors (Lipinski definition) is 4. The number of fused-ring (bicyclic) bond motifs is 1. The van der Waals surface area contributed by atoms with Gasteiger partial charge in [0.1, 0.15) is 23.9 Å². The van der Waals surface area contributed by atoms with Crippen molar-refractivity contribution in [1.82, 2.24) is 10.2 Å². The SMILES string of the molecule is O=C(CN1C(=O)c2ccccc2C1=O)NCc1ccc(Oc2ccc(F)cc2)cc1. The lowest BCUT2D eigenvalue weighted by atomic mass is 10.1. The molecule has 6 nitrogen and oxygen atoms in total. The molecule has 3 aromatic rings. The van der Waals surface area contributed by atoms with Crippen LogP contribution in [-0.2, 0) is 11.3 Å². The standard InChI is InChI=1S/C23H17FN2O4/c24-16-7-11-18(12-8-16)30-17-9-5-15(6-10-17)13-25-21(27)14-26-22(28)19-3-1-2-4-20(19)23(26)29/h1-12H,13-14H2,(H,25,27). The second kappa shape index (κ2) is 8.16. The number of amides is 3. The minimum atomic E-state index is -0.465. The normalized spacial score (nSPS) is 12.6. The summed E-state index contributed by atoms with van der Waals surface area (Å²) in [6.07, 6.45) is 0. The van der Waals surface area contributed by atoms with Gasteiger partial charge in [-0.2, -0.15) is 0 Å². The third kappa shape index (κ3) is 4.05. The summed E-state index contributed by atoms with van der Waals surface area (Å²) in [4.78, 5) is 37.8. The molecule has 0 spiro atoms. The van der Waals surface area contributed by atoms with E-state index in [1.54, 1.807) is 48.5 Å². The Kier molecular flexibility index (Phi) is 5.26. The molecule has 30 heavy (non-hydrogen) atoms. The summed E-state index contributed by atoms with van der Waals surface area (Å²) >= 11 is 0. The molecule has 0 fully saturated rings. The lowest BCUT2D eigenvalue weighted by Gasteiger charge is -2.13. The Morgan fingerprint density at radius 1 is 0.833 bits per heavy atom. The Morgan fingerprint density at radius 3 is 1.93 bits per heavy atom. The number of nitrogens with one attached hydrogen (secondary N) is 1. The van der Waals surface area contributed by atoms with E-state index in [9.17, 15) is 18.8 Å². The average Bonchev–Trinajstić information content (AvgIpc) is 3.00. The molecule has 1 aliphatic rings. The van der Waals surface area contributed by atoms with E-state index < -0.39 is 17.7 Å². The van der Waals surface area contributed by atoms with Crippen LogP contribution in [0.4, 0.5) is 4.39 Å². The van der Waals surface area contributed by atoms with Crippen molar-refractivity contribution in [2.45, 2.75) is 6.54 Å². The van der Waals surface area contributed by atoms with Crippen LogP contribution in [0.1, 0.15) is 26.3 Å². The minimum absolute atomic E-state index is 0.235. The first-order valence-electron chi connectivity index (χ1n) is 9.25. The minimum Gasteiger partial charge on any atom is -0.457 e. The highest BCUT2D eigenvalue weighted by molar-refractivity contribution is 6.22. The summed E-state index contributed by atoms with van der Waals surface area (Å²) in [5.41, 5.74) is 1.44. The Bertz CT molecular complexity index is 1080. The molecule has 1 N–H and O–H groups in total. The molecule has 7 heteroatoms. The second-order valence-electron chi connectivity index (χ2n) is 6.72. The number of benzene rings is 3. The van der Waals surface area contributed by atoms with E-state index in [1.165, 1.54) is 24.3 Å². The fourth-order valence-electron chi connectivity index (χ4n) is 3.10. The molecular weight excluding hydrogens is 387 g/mol. The smallest absolute Gasteiger partial charge is 0.262 e. The number of rotatable bonds is 6. The van der Waals surface area contributed by atoms with Gasteiger partial charge in [0.25, 0.3) is 11.8 Å². The van der Waals surface area contributed by atoms with Crippen LogP contribution >= 0.6 is 0 Å². The molecule has 0 radical (unpaired) electrons. The molecular formula is C23H17FN2O4. The number of carbonyl (C=O) groups is 3. The zero-order chi connectivity index (χ0) is 21.1. The Hall–Kier alpha value is -4.00. The van der Waals surface area contributed by atoms with Crippen molar-refractivity contribution in [3.8, 4) is 11.5 Å². The maximum atomic E-state index is 12.9. The van der Waals surface area contributed by atoms with Gasteiger partial charge in [0.2, 0.25) is 5.91 Å². The molecule has 3 amide bonds. The topological polar surface area (TPSA) is 75.7 Å². The molecule has 0 unspecified atom stereocenters. The van der Waals surface area contributed by atoms with Gasteiger partial charge >= 0.3 is 0 Å². The quantitative estimate of drug-likeness (QED) is 0.638. The van der Waals surface area contributed by atoms with Gasteiger partial charge in [0.15, 0.2) is 0 Å². The monoisotopic (exact) mass is 404 g/mol. The molecule has 0 aromatic heterocycles. The molecule has 1 aliphatic heterocycles. The fourth-order valence-corrected chi connectivity index (χ4v) is 3.10. The van der Waals surface area contributed by atoms with Gasteiger partial charge in [-0.1, -0.05) is 24.3 Å². The fraction of sp³-hybridized carbons (Fsp3) is 0.0870. The van der Waals surface area contributed by atoms with Crippen LogP contribution in [0, 0.1) is 5.82 Å². The van der Waals surface area contributed by atoms with Gasteiger partial charge in [-0.25, -0.2) is 4.39 Å². The number of halogens is 1. The van der Waals surface area contributed by atoms with Crippen LogP contribution < -0.4 is 10.1 Å². The maximum absolute atomic E-state index is 12.9. The van der Waals surface area contributed by atoms with Crippen molar-refractivity contribution in [1.29, 1.82) is 0 Å². The van der Waals surface area contributed by atoms with Crippen molar-refractivity contribution >= 4 is 17.7 Å². The van der Waals surface area contributed by atoms with Crippen molar-refractivity contribution in [2.75, 3.05) is 6.54 Å². The lowest BCUT2D eigenvalue weighted by Crippen LogP contribution is -2.40. The first-order valence-corrected chi connectivity index (χ1v) is 9.25. The van der Waals surface area contributed by atoms with Gasteiger partial charge in [0, 0.05) is 6.54 Å². The van der Waals surface area contributed by atoms with E-state index in [0.717, 1.165) is 10.5 Å². The van der Waals surface area contributed by atoms with Crippen molar-refractivity contribution in [3.63, 3.8) is 0 Å². The molecule has 4 rings (SSSR count). The van der Waals surface area contributed by atoms with Gasteiger partial charge in [-0.05, 0) is 54.1 Å². The molecule has 0 saturated carbocycles. The second-order valence-corrected chi connectivity index (χ2v) is 6.72. The van der Waals surface area contributed by atoms with E-state index in [4.69, 9.17) is 4.74 Å². The zero-order valence-electron chi connectivity index (χ0n) is 15.8. The van der Waals surface area contributed by atoms with E-state index in [2.05, 4.69) is 5.32 Å². The highest BCUT2D eigenvalue weighted by Gasteiger charge is 2.36. The van der Waals surface area contributed by atoms with Crippen LogP contribution in [0.3, 0.4) is 0 Å². The Balaban J connectivity index is 1.30. The van der Waals surface area contributed by atoms with Crippen molar-refractivity contribution in [2.24, 2.45) is 0 Å². The molecule has 0 bridgehead atoms. The van der Waals surface area contributed by atoms with E-state index in [1.807, 2.05) is 0 Å². The molecule has 0 saturated heterocycles. The van der Waals surface area contributed by atoms with Crippen LogP contribution in [-0.4, -0.2) is 29.2 Å². The van der Waals surface area contributed by atoms with E-state index >= 15 is 0 Å². The van der Waals surface area contributed by atoms with Crippen molar-refractivity contribution in [3.05, 3.63) is 95.3 Å². The summed E-state index contributed by atoms with van der Waals surface area (Å²) in [6, 6.07) is 19.2. The van der Waals surface area contributed by atoms with Crippen LogP contribution in [0.5, 0.6) is 11.5 Å². The lowest BCUT2D eigenvalue weighted by molar-refractivity contribution is -0.121. The Morgan fingerprint density at radius 2 is 1.37 bits per heavy atom. The molecule has 1 heterocycles. The van der Waals surface area contributed by atoms with Crippen LogP contribution in [0.2, 0.25) is 0 Å². The summed E-state index contributed by atoms with van der Waals surface area (Å²) < 4.78 is 18.6. The predicted octanol–water partition coefficient (Wildman–Crippen LogP) is 3.53. The molecule has 3 aromatic carbocycles. The summed E-state index contributed by atoms with van der Waals surface area (Å²) in [5.74, 6) is -0.618. The molecule has 0 aliphatic carbocycles. The number of imide groups is 1. The maximum Gasteiger partial charge on any atom is 0.262 e. The Labute approximate surface area is 171 Å². The first-order chi connectivity index (χ1) is 14.5. The number of nitrogens with zero attached hydrogens (tertiary/aromatic N) is 1. The van der Waals surface area contributed by atoms with Gasteiger partial charge < -0.3 is 10.1 Å². The number of hydrogen-bond donors (Lipinski definition) is 1. The third-order valence-corrected chi connectivity index (χ3v) is 4.64. The van der Waals surface area contributed by atoms with E-state index in [-0.39, 0.29) is 18.9 Å². The van der Waals surface area contributed by atoms with Crippen LogP contribution in [0.25, 0.3) is 0 Å². The summed E-state index contributed by atoms with van der Waals surface area (Å²) in [6.45, 7) is -0.100. The first kappa shape index (κ1) is 19.3. The molecule has 0 atom stereocenters. The highest BCUT2D eigenvalue weighted by Crippen LogP contribution is 2.23. The van der Waals surface area contributed by atoms with Crippen LogP contribution in [0.15, 0.2) is 72.8 Å². The van der Waals surface area contributed by atoms with Gasteiger partial charge in [0.05, 0.1) is 11.1 Å². The predicted molar refractivity (Wildman–Crippen MR) is 107 cm³/mol. The van der Waals surface area contributed by atoms with Crippen molar-refractivity contribution < 1.29 is 23.5 Å². The van der Waals surface area contributed by atoms with E-state index in [0.29, 0.717) is 22.6 Å². The summed E-state index contributed by atoms with van der Waals surface area (Å²) in [5, 5.41) is 2.70. The van der Waals surface area contributed by atoms with Gasteiger partial charge in [-0.15, -0.1) is 0 Å². The van der Waals surface area contributed by atoms with Gasteiger partial charge in [-0.3, -0.25) is 19.3 Å². The largest absolute Gasteiger partial charge is 0.457 e. The zero-order valence-corrected chi connectivity index (χ0v) is 15.8.